The summed E-state index contributed by atoms with van der Waals surface area (Å²) in [7, 11) is 0. The zero-order valence-corrected chi connectivity index (χ0v) is 27.9. The molecule has 0 saturated heterocycles. The van der Waals surface area contributed by atoms with Crippen LogP contribution in [0.5, 0.6) is 0 Å². The van der Waals surface area contributed by atoms with Gasteiger partial charge in [0, 0.05) is 19.0 Å². The Bertz CT molecular complexity index is 1180. The van der Waals surface area contributed by atoms with Gasteiger partial charge in [-0.15, -0.1) is 0 Å². The molecule has 0 aliphatic heterocycles. The standard InChI is InChI=1S/C37H55N3O4/c1-7-8-9-10-17-22-40(35(42)32(26-29-18-13-11-14-19-29)39-36(43)44-37(4,5)6)33(30-24-27(2)23-28(3)25-30)34(41)38-31-20-15-12-16-21-31/h11,13-14,18-19,23-25,31-33H,7-10,12,15-17,20-22,26H2,1-6H3,(H,38,41)(H,39,43). The fourth-order valence-electron chi connectivity index (χ4n) is 6.12. The molecular formula is C37H55N3O4. The Morgan fingerprint density at radius 2 is 1.55 bits per heavy atom. The summed E-state index contributed by atoms with van der Waals surface area (Å²) in [4.78, 5) is 43.8. The van der Waals surface area contributed by atoms with Crippen LogP contribution in [0, 0.1) is 13.8 Å². The van der Waals surface area contributed by atoms with Gasteiger partial charge < -0.3 is 20.3 Å². The van der Waals surface area contributed by atoms with Crippen LogP contribution in [0.2, 0.25) is 0 Å². The number of amides is 3. The van der Waals surface area contributed by atoms with Crippen molar-refractivity contribution in [1.29, 1.82) is 0 Å². The minimum atomic E-state index is -0.904. The molecule has 2 aromatic rings. The van der Waals surface area contributed by atoms with Crippen molar-refractivity contribution in [3.8, 4) is 0 Å². The highest BCUT2D eigenvalue weighted by atomic mass is 16.6. The second-order valence-corrected chi connectivity index (χ2v) is 13.5. The second-order valence-electron chi connectivity index (χ2n) is 13.5. The number of rotatable bonds is 14. The summed E-state index contributed by atoms with van der Waals surface area (Å²) >= 11 is 0. The van der Waals surface area contributed by atoms with Gasteiger partial charge in [-0.3, -0.25) is 9.59 Å². The summed E-state index contributed by atoms with van der Waals surface area (Å²) in [5.74, 6) is -0.433. The van der Waals surface area contributed by atoms with Gasteiger partial charge in [0.05, 0.1) is 0 Å². The molecule has 7 heteroatoms. The lowest BCUT2D eigenvalue weighted by molar-refractivity contribution is -0.143. The van der Waals surface area contributed by atoms with E-state index in [0.29, 0.717) is 6.54 Å². The molecule has 0 aromatic heterocycles. The van der Waals surface area contributed by atoms with Crippen molar-refractivity contribution in [2.45, 2.75) is 136 Å². The number of ether oxygens (including phenoxy) is 1. The van der Waals surface area contributed by atoms with Crippen molar-refractivity contribution in [3.05, 3.63) is 70.8 Å². The van der Waals surface area contributed by atoms with E-state index in [4.69, 9.17) is 4.74 Å². The van der Waals surface area contributed by atoms with E-state index >= 15 is 0 Å². The fraction of sp³-hybridized carbons (Fsp3) is 0.595. The third-order valence-corrected chi connectivity index (χ3v) is 8.13. The van der Waals surface area contributed by atoms with Gasteiger partial charge in [-0.2, -0.15) is 0 Å². The molecule has 0 bridgehead atoms. The predicted octanol–water partition coefficient (Wildman–Crippen LogP) is 7.73. The Hall–Kier alpha value is -3.35. The van der Waals surface area contributed by atoms with Crippen molar-refractivity contribution < 1.29 is 19.1 Å². The van der Waals surface area contributed by atoms with E-state index in [0.717, 1.165) is 80.0 Å². The van der Waals surface area contributed by atoms with Crippen LogP contribution in [0.4, 0.5) is 4.79 Å². The van der Waals surface area contributed by atoms with Crippen LogP contribution in [0.25, 0.3) is 0 Å². The van der Waals surface area contributed by atoms with Crippen LogP contribution >= 0.6 is 0 Å². The quantitative estimate of drug-likeness (QED) is 0.216. The molecule has 242 valence electrons. The Kier molecular flexibility index (Phi) is 13.7. The summed E-state index contributed by atoms with van der Waals surface area (Å²) in [5.41, 5.74) is 3.08. The molecule has 3 amide bonds. The Labute approximate surface area is 265 Å². The summed E-state index contributed by atoms with van der Waals surface area (Å²) in [6.45, 7) is 12.0. The molecule has 0 radical (unpaired) electrons. The molecule has 2 atom stereocenters. The van der Waals surface area contributed by atoms with Crippen molar-refractivity contribution in [1.82, 2.24) is 15.5 Å². The zero-order valence-electron chi connectivity index (χ0n) is 27.9. The van der Waals surface area contributed by atoms with Crippen LogP contribution in [0.3, 0.4) is 0 Å². The van der Waals surface area contributed by atoms with Crippen molar-refractivity contribution in [3.63, 3.8) is 0 Å². The van der Waals surface area contributed by atoms with Crippen LogP contribution < -0.4 is 10.6 Å². The SMILES string of the molecule is CCCCCCCN(C(=O)C(Cc1ccccc1)NC(=O)OC(C)(C)C)C(C(=O)NC1CCCCC1)c1cc(C)cc(C)c1. The largest absolute Gasteiger partial charge is 0.444 e. The summed E-state index contributed by atoms with van der Waals surface area (Å²) in [6, 6.07) is 14.2. The number of hydrogen-bond donors (Lipinski definition) is 2. The minimum Gasteiger partial charge on any atom is -0.444 e. The molecule has 3 rings (SSSR count). The smallest absolute Gasteiger partial charge is 0.408 e. The highest BCUT2D eigenvalue weighted by Crippen LogP contribution is 2.28. The van der Waals surface area contributed by atoms with Crippen molar-refractivity contribution in [2.24, 2.45) is 0 Å². The lowest BCUT2D eigenvalue weighted by Crippen LogP contribution is -2.54. The number of benzene rings is 2. The first-order chi connectivity index (χ1) is 21.0. The minimum absolute atomic E-state index is 0.103. The van der Waals surface area contributed by atoms with Crippen LogP contribution in [0.15, 0.2) is 48.5 Å². The number of hydrogen-bond acceptors (Lipinski definition) is 4. The first kappa shape index (κ1) is 35.1. The molecule has 2 unspecified atom stereocenters. The molecule has 0 spiro atoms. The van der Waals surface area contributed by atoms with E-state index in [2.05, 4.69) is 23.6 Å². The maximum absolute atomic E-state index is 14.7. The molecule has 7 nitrogen and oxygen atoms in total. The zero-order chi connectivity index (χ0) is 32.1. The number of alkyl carbamates (subject to hydrolysis) is 1. The molecule has 1 saturated carbocycles. The van der Waals surface area contributed by atoms with E-state index in [1.54, 1.807) is 25.7 Å². The van der Waals surface area contributed by atoms with Gasteiger partial charge in [0.2, 0.25) is 11.8 Å². The predicted molar refractivity (Wildman–Crippen MR) is 177 cm³/mol. The third kappa shape index (κ3) is 11.6. The lowest BCUT2D eigenvalue weighted by atomic mass is 9.93. The van der Waals surface area contributed by atoms with E-state index < -0.39 is 23.8 Å². The number of carbonyl (C=O) groups excluding carboxylic acids is 3. The number of aryl methyl sites for hydroxylation is 2. The topological polar surface area (TPSA) is 87.7 Å². The Balaban J connectivity index is 2.03. The lowest BCUT2D eigenvalue weighted by Gasteiger charge is -2.36. The van der Waals surface area contributed by atoms with Gasteiger partial charge in [-0.1, -0.05) is 112 Å². The third-order valence-electron chi connectivity index (χ3n) is 8.13. The molecule has 1 aliphatic carbocycles. The maximum Gasteiger partial charge on any atom is 0.408 e. The molecule has 0 heterocycles. The van der Waals surface area contributed by atoms with E-state index in [9.17, 15) is 14.4 Å². The van der Waals surface area contributed by atoms with Crippen LogP contribution in [-0.4, -0.2) is 47.0 Å². The first-order valence-electron chi connectivity index (χ1n) is 16.7. The van der Waals surface area contributed by atoms with Gasteiger partial charge in [0.1, 0.15) is 17.7 Å². The van der Waals surface area contributed by atoms with Gasteiger partial charge in [-0.05, 0) is 65.0 Å². The van der Waals surface area contributed by atoms with E-state index in [-0.39, 0.29) is 24.3 Å². The van der Waals surface area contributed by atoms with Crippen LogP contribution in [-0.2, 0) is 20.7 Å². The van der Waals surface area contributed by atoms with Gasteiger partial charge in [0.25, 0.3) is 0 Å². The molecule has 2 aromatic carbocycles. The normalized spacial score (nSPS) is 15.2. The Morgan fingerprint density at radius 1 is 0.909 bits per heavy atom. The number of nitrogens with zero attached hydrogens (tertiary/aromatic N) is 1. The van der Waals surface area contributed by atoms with Crippen LogP contribution in [0.1, 0.15) is 120 Å². The van der Waals surface area contributed by atoms with Gasteiger partial charge >= 0.3 is 6.09 Å². The summed E-state index contributed by atoms with van der Waals surface area (Å²) in [5, 5.41) is 6.20. The van der Waals surface area contributed by atoms with Gasteiger partial charge in [0.15, 0.2) is 0 Å². The number of carbonyl (C=O) groups is 3. The second kappa shape index (κ2) is 17.2. The maximum atomic E-state index is 14.7. The first-order valence-corrected chi connectivity index (χ1v) is 16.7. The molecule has 1 fully saturated rings. The molecule has 1 aliphatic rings. The highest BCUT2D eigenvalue weighted by Gasteiger charge is 2.37. The molecule has 44 heavy (non-hydrogen) atoms. The fourth-order valence-corrected chi connectivity index (χ4v) is 6.12. The monoisotopic (exact) mass is 605 g/mol. The number of unbranched alkanes of at least 4 members (excludes halogenated alkanes) is 4. The summed E-state index contributed by atoms with van der Waals surface area (Å²) < 4.78 is 5.59. The Morgan fingerprint density at radius 3 is 2.16 bits per heavy atom. The average molecular weight is 606 g/mol. The van der Waals surface area contributed by atoms with E-state index in [1.807, 2.05) is 56.3 Å². The van der Waals surface area contributed by atoms with E-state index in [1.165, 1.54) is 6.42 Å². The van der Waals surface area contributed by atoms with Gasteiger partial charge in [-0.25, -0.2) is 4.79 Å². The summed E-state index contributed by atoms with van der Waals surface area (Å²) in [6.07, 6.45) is 9.98. The van der Waals surface area contributed by atoms with Crippen molar-refractivity contribution >= 4 is 17.9 Å². The average Bonchev–Trinajstić information content (AvgIpc) is 2.95. The van der Waals surface area contributed by atoms with Crippen molar-refractivity contribution in [2.75, 3.05) is 6.54 Å². The molecule has 2 N–H and O–H groups in total. The number of nitrogens with one attached hydrogen (secondary N) is 2. The highest BCUT2D eigenvalue weighted by molar-refractivity contribution is 5.92. The molecular weight excluding hydrogens is 550 g/mol.